The number of likely N-dealkylation sites (N-methyl/N-ethyl adjacent to an activating group) is 1. The van der Waals surface area contributed by atoms with E-state index in [1.807, 2.05) is 32.5 Å². The normalized spacial score (nSPS) is 10.1. The fourth-order valence-corrected chi connectivity index (χ4v) is 1.12. The maximum atomic E-state index is 4.41. The molecule has 1 aromatic heterocycles. The van der Waals surface area contributed by atoms with E-state index in [0.717, 1.165) is 24.7 Å². The third-order valence-electron chi connectivity index (χ3n) is 1.96. The molecule has 0 aliphatic rings. The summed E-state index contributed by atoms with van der Waals surface area (Å²) in [4.78, 5) is 4.39. The van der Waals surface area contributed by atoms with Crippen molar-refractivity contribution in [3.63, 3.8) is 0 Å². The van der Waals surface area contributed by atoms with Gasteiger partial charge in [0.15, 0.2) is 5.82 Å². The molecule has 15 heavy (non-hydrogen) atoms. The van der Waals surface area contributed by atoms with Crippen LogP contribution in [0.5, 0.6) is 0 Å². The van der Waals surface area contributed by atoms with Crippen LogP contribution in [0, 0.1) is 6.92 Å². The van der Waals surface area contributed by atoms with Crippen molar-refractivity contribution >= 4 is 0 Å². The molecule has 0 spiro atoms. The summed E-state index contributed by atoms with van der Waals surface area (Å²) in [7, 11) is 1.94. The van der Waals surface area contributed by atoms with Crippen molar-refractivity contribution in [1.82, 2.24) is 20.1 Å². The van der Waals surface area contributed by atoms with Crippen molar-refractivity contribution in [2.24, 2.45) is 0 Å². The van der Waals surface area contributed by atoms with Gasteiger partial charge in [-0.3, -0.25) is 0 Å². The van der Waals surface area contributed by atoms with E-state index >= 15 is 0 Å². The molecule has 1 N–H and O–H groups in total. The standard InChI is InChI=1S/C9H18N4.C2H6/c1-7(2)9-11-8(3)13(12-9)6-5-10-4;1-2/h7,10H,5-6H2,1-4H3;1-2H3. The van der Waals surface area contributed by atoms with Crippen LogP contribution in [0.1, 0.15) is 45.3 Å². The Balaban J connectivity index is 0.000000921. The van der Waals surface area contributed by atoms with Crippen LogP contribution in [0.25, 0.3) is 0 Å². The molecule has 88 valence electrons. The van der Waals surface area contributed by atoms with Crippen molar-refractivity contribution in [2.75, 3.05) is 13.6 Å². The highest BCUT2D eigenvalue weighted by Crippen LogP contribution is 2.08. The molecule has 0 aromatic carbocycles. The highest BCUT2D eigenvalue weighted by molar-refractivity contribution is 4.95. The lowest BCUT2D eigenvalue weighted by molar-refractivity contribution is 0.561. The van der Waals surface area contributed by atoms with Crippen LogP contribution in [-0.4, -0.2) is 28.4 Å². The summed E-state index contributed by atoms with van der Waals surface area (Å²) < 4.78 is 1.95. The molecular formula is C11H24N4. The Kier molecular flexibility index (Phi) is 6.96. The Hall–Kier alpha value is -0.900. The van der Waals surface area contributed by atoms with E-state index in [1.54, 1.807) is 0 Å². The zero-order chi connectivity index (χ0) is 11.8. The lowest BCUT2D eigenvalue weighted by atomic mass is 10.2. The Morgan fingerprint density at radius 3 is 2.33 bits per heavy atom. The summed E-state index contributed by atoms with van der Waals surface area (Å²) in [5.74, 6) is 2.35. The smallest absolute Gasteiger partial charge is 0.153 e. The first-order valence-corrected chi connectivity index (χ1v) is 5.71. The van der Waals surface area contributed by atoms with E-state index in [2.05, 4.69) is 29.2 Å². The molecule has 0 saturated heterocycles. The predicted octanol–water partition coefficient (Wildman–Crippen LogP) is 1.96. The maximum Gasteiger partial charge on any atom is 0.153 e. The Morgan fingerprint density at radius 1 is 1.33 bits per heavy atom. The molecule has 4 heteroatoms. The predicted molar refractivity (Wildman–Crippen MR) is 64.1 cm³/mol. The highest BCUT2D eigenvalue weighted by Gasteiger charge is 2.08. The number of rotatable bonds is 4. The minimum absolute atomic E-state index is 0.412. The van der Waals surface area contributed by atoms with Gasteiger partial charge in [0.05, 0.1) is 6.54 Å². The fourth-order valence-electron chi connectivity index (χ4n) is 1.12. The molecule has 0 unspecified atom stereocenters. The molecule has 0 saturated carbocycles. The summed E-state index contributed by atoms with van der Waals surface area (Å²) in [5.41, 5.74) is 0. The number of hydrogen-bond donors (Lipinski definition) is 1. The van der Waals surface area contributed by atoms with Gasteiger partial charge in [0, 0.05) is 12.5 Å². The van der Waals surface area contributed by atoms with E-state index in [1.165, 1.54) is 0 Å². The average Bonchev–Trinajstić information content (AvgIpc) is 2.60. The first-order valence-electron chi connectivity index (χ1n) is 5.71. The van der Waals surface area contributed by atoms with Crippen molar-refractivity contribution in [3.05, 3.63) is 11.6 Å². The molecule has 1 heterocycles. The van der Waals surface area contributed by atoms with E-state index < -0.39 is 0 Å². The number of aromatic nitrogens is 3. The van der Waals surface area contributed by atoms with Crippen molar-refractivity contribution in [1.29, 1.82) is 0 Å². The zero-order valence-corrected chi connectivity index (χ0v) is 10.8. The van der Waals surface area contributed by atoms with Gasteiger partial charge in [0.1, 0.15) is 5.82 Å². The fraction of sp³-hybridized carbons (Fsp3) is 0.818. The Bertz CT molecular complexity index is 266. The molecule has 1 aromatic rings. The Labute approximate surface area is 93.1 Å². The third-order valence-corrected chi connectivity index (χ3v) is 1.96. The van der Waals surface area contributed by atoms with Gasteiger partial charge in [-0.2, -0.15) is 5.10 Å². The number of nitrogens with one attached hydrogen (secondary N) is 1. The molecule has 0 radical (unpaired) electrons. The molecule has 0 atom stereocenters. The van der Waals surface area contributed by atoms with Crippen molar-refractivity contribution < 1.29 is 0 Å². The summed E-state index contributed by atoms with van der Waals surface area (Å²) >= 11 is 0. The van der Waals surface area contributed by atoms with Gasteiger partial charge in [-0.1, -0.05) is 27.7 Å². The van der Waals surface area contributed by atoms with Crippen LogP contribution in [-0.2, 0) is 6.54 Å². The largest absolute Gasteiger partial charge is 0.318 e. The number of aryl methyl sites for hydroxylation is 1. The number of nitrogens with zero attached hydrogens (tertiary/aromatic N) is 3. The van der Waals surface area contributed by atoms with E-state index in [0.29, 0.717) is 5.92 Å². The van der Waals surface area contributed by atoms with Crippen LogP contribution < -0.4 is 5.32 Å². The van der Waals surface area contributed by atoms with Gasteiger partial charge in [-0.25, -0.2) is 9.67 Å². The second kappa shape index (κ2) is 7.40. The summed E-state index contributed by atoms with van der Waals surface area (Å²) in [6, 6.07) is 0. The van der Waals surface area contributed by atoms with Gasteiger partial charge in [-0.05, 0) is 14.0 Å². The monoisotopic (exact) mass is 212 g/mol. The molecule has 0 fully saturated rings. The van der Waals surface area contributed by atoms with Crippen LogP contribution in [0.3, 0.4) is 0 Å². The average molecular weight is 212 g/mol. The van der Waals surface area contributed by atoms with E-state index in [4.69, 9.17) is 0 Å². The molecule has 0 aliphatic carbocycles. The molecule has 4 nitrogen and oxygen atoms in total. The van der Waals surface area contributed by atoms with Crippen molar-refractivity contribution in [2.45, 2.75) is 47.1 Å². The first-order chi connectivity index (χ1) is 7.15. The first kappa shape index (κ1) is 14.1. The Morgan fingerprint density at radius 2 is 1.93 bits per heavy atom. The van der Waals surface area contributed by atoms with E-state index in [-0.39, 0.29) is 0 Å². The summed E-state index contributed by atoms with van der Waals surface area (Å²) in [6.45, 7) is 12.0. The quantitative estimate of drug-likeness (QED) is 0.829. The zero-order valence-electron chi connectivity index (χ0n) is 10.8. The van der Waals surface area contributed by atoms with Crippen LogP contribution >= 0.6 is 0 Å². The minimum atomic E-state index is 0.412. The lowest BCUT2D eigenvalue weighted by Gasteiger charge is -2.01. The van der Waals surface area contributed by atoms with Gasteiger partial charge in [0.25, 0.3) is 0 Å². The third kappa shape index (κ3) is 4.42. The summed E-state index contributed by atoms with van der Waals surface area (Å²) in [6.07, 6.45) is 0. The molecular weight excluding hydrogens is 188 g/mol. The van der Waals surface area contributed by atoms with Crippen LogP contribution in [0.2, 0.25) is 0 Å². The van der Waals surface area contributed by atoms with E-state index in [9.17, 15) is 0 Å². The second-order valence-corrected chi connectivity index (χ2v) is 3.50. The molecule has 1 rings (SSSR count). The minimum Gasteiger partial charge on any atom is -0.318 e. The van der Waals surface area contributed by atoms with Gasteiger partial charge in [-0.15, -0.1) is 0 Å². The molecule has 0 amide bonds. The lowest BCUT2D eigenvalue weighted by Crippen LogP contribution is -2.16. The molecule has 0 bridgehead atoms. The number of hydrogen-bond acceptors (Lipinski definition) is 3. The van der Waals surface area contributed by atoms with Gasteiger partial charge < -0.3 is 5.32 Å². The van der Waals surface area contributed by atoms with Crippen molar-refractivity contribution in [3.8, 4) is 0 Å². The topological polar surface area (TPSA) is 42.7 Å². The van der Waals surface area contributed by atoms with Crippen LogP contribution in [0.15, 0.2) is 0 Å². The van der Waals surface area contributed by atoms with Crippen LogP contribution in [0.4, 0.5) is 0 Å². The second-order valence-electron chi connectivity index (χ2n) is 3.50. The highest BCUT2D eigenvalue weighted by atomic mass is 15.3. The van der Waals surface area contributed by atoms with Gasteiger partial charge >= 0.3 is 0 Å². The summed E-state index contributed by atoms with van der Waals surface area (Å²) in [5, 5.41) is 7.51. The SMILES string of the molecule is CC.CNCCn1nc(C(C)C)nc1C. The maximum absolute atomic E-state index is 4.41. The van der Waals surface area contributed by atoms with Gasteiger partial charge in [0.2, 0.25) is 0 Å². The molecule has 0 aliphatic heterocycles.